The Morgan fingerprint density at radius 2 is 1.85 bits per heavy atom. The van der Waals surface area contributed by atoms with E-state index in [1.54, 1.807) is 6.20 Å². The maximum atomic E-state index is 6.52. The first kappa shape index (κ1) is 22.4. The molecule has 3 aromatic heterocycles. The molecule has 9 heteroatoms. The zero-order valence-electron chi connectivity index (χ0n) is 20.0. The summed E-state index contributed by atoms with van der Waals surface area (Å²) in [6, 6.07) is 10.7. The summed E-state index contributed by atoms with van der Waals surface area (Å²) in [6.07, 6.45) is 5.60. The van der Waals surface area contributed by atoms with Crippen molar-refractivity contribution in [1.29, 1.82) is 0 Å². The molecule has 0 radical (unpaired) electrons. The minimum Gasteiger partial charge on any atom is -0.356 e. The molecule has 4 heterocycles. The minimum atomic E-state index is 0.342. The lowest BCUT2D eigenvalue weighted by Gasteiger charge is -2.38. The molecular formula is C25H29ClN8. The van der Waals surface area contributed by atoms with E-state index in [0.29, 0.717) is 17.0 Å². The van der Waals surface area contributed by atoms with Gasteiger partial charge in [0.25, 0.3) is 0 Å². The normalized spacial score (nSPS) is 14.6. The van der Waals surface area contributed by atoms with Crippen molar-refractivity contribution in [3.8, 4) is 0 Å². The highest BCUT2D eigenvalue weighted by Gasteiger charge is 2.25. The summed E-state index contributed by atoms with van der Waals surface area (Å²) in [4.78, 5) is 18.3. The molecule has 1 saturated heterocycles. The van der Waals surface area contributed by atoms with Crippen molar-refractivity contribution in [3.05, 3.63) is 59.0 Å². The summed E-state index contributed by atoms with van der Waals surface area (Å²) in [6.45, 7) is 6.02. The van der Waals surface area contributed by atoms with Crippen molar-refractivity contribution in [2.45, 2.75) is 32.7 Å². The number of benzene rings is 1. The summed E-state index contributed by atoms with van der Waals surface area (Å²) in [5, 5.41) is 9.56. The van der Waals surface area contributed by atoms with Gasteiger partial charge in [-0.05, 0) is 56.5 Å². The molecule has 1 aromatic carbocycles. The van der Waals surface area contributed by atoms with E-state index in [9.17, 15) is 0 Å². The molecule has 8 nitrogen and oxygen atoms in total. The number of aromatic nitrogens is 5. The van der Waals surface area contributed by atoms with Crippen LogP contribution in [0.15, 0.2) is 42.7 Å². The van der Waals surface area contributed by atoms with Crippen LogP contribution in [-0.2, 0) is 7.05 Å². The third-order valence-corrected chi connectivity index (χ3v) is 6.95. The van der Waals surface area contributed by atoms with Crippen LogP contribution in [0.4, 0.5) is 23.3 Å². The van der Waals surface area contributed by atoms with Crippen molar-refractivity contribution >= 4 is 45.8 Å². The number of nitrogens with zero attached hydrogens (tertiary/aromatic N) is 7. The van der Waals surface area contributed by atoms with E-state index in [4.69, 9.17) is 16.6 Å². The Morgan fingerprint density at radius 3 is 2.59 bits per heavy atom. The van der Waals surface area contributed by atoms with Gasteiger partial charge in [0.1, 0.15) is 10.8 Å². The van der Waals surface area contributed by atoms with Crippen molar-refractivity contribution in [1.82, 2.24) is 24.7 Å². The number of nitrogens with one attached hydrogen (secondary N) is 1. The fourth-order valence-corrected chi connectivity index (χ4v) is 4.73. The molecule has 34 heavy (non-hydrogen) atoms. The van der Waals surface area contributed by atoms with Crippen molar-refractivity contribution in [2.75, 3.05) is 35.3 Å². The summed E-state index contributed by atoms with van der Waals surface area (Å²) < 4.78 is 1.89. The topological polar surface area (TPSA) is 75.0 Å². The van der Waals surface area contributed by atoms with Gasteiger partial charge in [0.2, 0.25) is 5.95 Å². The standard InChI is InChI=1S/C25H29ClN8/c1-16-5-8-23(27-14-16)34-11-9-19(10-12-34)32(3)24-21(26)15-28-25(30-24)29-18-6-7-20-17(2)33(4)31-22(20)13-18/h5-8,13-15,19H,9-12H2,1-4H3,(H,28,29,30). The van der Waals surface area contributed by atoms with Gasteiger partial charge in [-0.2, -0.15) is 10.1 Å². The zero-order chi connectivity index (χ0) is 23.8. The van der Waals surface area contributed by atoms with Gasteiger partial charge in [-0.1, -0.05) is 17.7 Å². The van der Waals surface area contributed by atoms with Crippen LogP contribution < -0.4 is 15.1 Å². The molecule has 1 aliphatic heterocycles. The summed E-state index contributed by atoms with van der Waals surface area (Å²) in [5.74, 6) is 2.29. The predicted octanol–water partition coefficient (Wildman–Crippen LogP) is 4.88. The molecule has 4 aromatic rings. The van der Waals surface area contributed by atoms with Crippen molar-refractivity contribution in [2.24, 2.45) is 7.05 Å². The molecule has 0 bridgehead atoms. The summed E-state index contributed by atoms with van der Waals surface area (Å²) in [7, 11) is 4.01. The lowest BCUT2D eigenvalue weighted by molar-refractivity contribution is 0.478. The van der Waals surface area contributed by atoms with E-state index >= 15 is 0 Å². The van der Waals surface area contributed by atoms with Crippen LogP contribution in [0, 0.1) is 13.8 Å². The quantitative estimate of drug-likeness (QED) is 0.440. The lowest BCUT2D eigenvalue weighted by atomic mass is 10.0. The third-order valence-electron chi connectivity index (χ3n) is 6.68. The van der Waals surface area contributed by atoms with E-state index in [1.807, 2.05) is 30.1 Å². The van der Waals surface area contributed by atoms with Gasteiger partial charge in [-0.25, -0.2) is 9.97 Å². The molecule has 0 aliphatic carbocycles. The Balaban J connectivity index is 1.29. The zero-order valence-corrected chi connectivity index (χ0v) is 20.7. The van der Waals surface area contributed by atoms with E-state index < -0.39 is 0 Å². The fourth-order valence-electron chi connectivity index (χ4n) is 4.51. The molecule has 0 unspecified atom stereocenters. The SMILES string of the molecule is Cc1ccc(N2CCC(N(C)c3nc(Nc4ccc5c(C)n(C)nc5c4)ncc3Cl)CC2)nc1. The second kappa shape index (κ2) is 9.10. The summed E-state index contributed by atoms with van der Waals surface area (Å²) in [5.41, 5.74) is 4.14. The number of pyridine rings is 1. The highest BCUT2D eigenvalue weighted by Crippen LogP contribution is 2.30. The second-order valence-electron chi connectivity index (χ2n) is 8.95. The maximum absolute atomic E-state index is 6.52. The monoisotopic (exact) mass is 476 g/mol. The van der Waals surface area contributed by atoms with Crippen LogP contribution in [0.1, 0.15) is 24.1 Å². The smallest absolute Gasteiger partial charge is 0.229 e. The van der Waals surface area contributed by atoms with Gasteiger partial charge < -0.3 is 15.1 Å². The molecule has 1 fully saturated rings. The van der Waals surface area contributed by atoms with E-state index in [2.05, 4.69) is 69.3 Å². The van der Waals surface area contributed by atoms with Gasteiger partial charge in [0.15, 0.2) is 5.82 Å². The Labute approximate surface area is 204 Å². The number of piperidine rings is 1. The Hall–Kier alpha value is -3.39. The molecule has 5 rings (SSSR count). The number of aryl methyl sites for hydroxylation is 3. The van der Waals surface area contributed by atoms with Crippen LogP contribution in [0.3, 0.4) is 0 Å². The van der Waals surface area contributed by atoms with Crippen molar-refractivity contribution in [3.63, 3.8) is 0 Å². The second-order valence-corrected chi connectivity index (χ2v) is 9.36. The fraction of sp³-hybridized carbons (Fsp3) is 0.360. The molecule has 1 aliphatic rings. The van der Waals surface area contributed by atoms with Gasteiger partial charge in [-0.15, -0.1) is 0 Å². The Bertz CT molecular complexity index is 1310. The first-order valence-corrected chi connectivity index (χ1v) is 11.9. The van der Waals surface area contributed by atoms with Crippen molar-refractivity contribution < 1.29 is 0 Å². The average Bonchev–Trinajstić information content (AvgIpc) is 3.13. The number of hydrogen-bond donors (Lipinski definition) is 1. The van der Waals surface area contributed by atoms with Crippen LogP contribution in [-0.4, -0.2) is 50.9 Å². The third kappa shape index (κ3) is 4.37. The predicted molar refractivity (Wildman–Crippen MR) is 138 cm³/mol. The first-order chi connectivity index (χ1) is 16.4. The largest absolute Gasteiger partial charge is 0.356 e. The van der Waals surface area contributed by atoms with Crippen LogP contribution in [0.2, 0.25) is 5.02 Å². The average molecular weight is 477 g/mol. The van der Waals surface area contributed by atoms with E-state index in [1.165, 1.54) is 5.56 Å². The molecule has 0 saturated carbocycles. The summed E-state index contributed by atoms with van der Waals surface area (Å²) >= 11 is 6.52. The van der Waals surface area contributed by atoms with Gasteiger partial charge in [0.05, 0.1) is 11.7 Å². The highest BCUT2D eigenvalue weighted by molar-refractivity contribution is 6.32. The van der Waals surface area contributed by atoms with E-state index in [0.717, 1.165) is 59.9 Å². The molecule has 176 valence electrons. The molecular weight excluding hydrogens is 448 g/mol. The highest BCUT2D eigenvalue weighted by atomic mass is 35.5. The number of anilines is 4. The molecule has 0 spiro atoms. The van der Waals surface area contributed by atoms with E-state index in [-0.39, 0.29) is 0 Å². The molecule has 0 amide bonds. The number of fused-ring (bicyclic) bond motifs is 1. The Kier molecular flexibility index (Phi) is 6.00. The van der Waals surface area contributed by atoms with Gasteiger partial charge in [-0.3, -0.25) is 4.68 Å². The van der Waals surface area contributed by atoms with Gasteiger partial charge in [0, 0.05) is 56.2 Å². The first-order valence-electron chi connectivity index (χ1n) is 11.5. The molecule has 0 atom stereocenters. The van der Waals surface area contributed by atoms with Crippen LogP contribution in [0.5, 0.6) is 0 Å². The lowest BCUT2D eigenvalue weighted by Crippen LogP contribution is -2.44. The number of halogens is 1. The van der Waals surface area contributed by atoms with Gasteiger partial charge >= 0.3 is 0 Å². The number of hydrogen-bond acceptors (Lipinski definition) is 7. The van der Waals surface area contributed by atoms with Crippen LogP contribution >= 0.6 is 11.6 Å². The maximum Gasteiger partial charge on any atom is 0.229 e. The Morgan fingerprint density at radius 1 is 1.06 bits per heavy atom. The minimum absolute atomic E-state index is 0.342. The van der Waals surface area contributed by atoms with Crippen LogP contribution in [0.25, 0.3) is 10.9 Å². The number of rotatable bonds is 5. The molecule has 1 N–H and O–H groups in total.